The normalized spacial score (nSPS) is 25.2. The Labute approximate surface area is 167 Å². The van der Waals surface area contributed by atoms with Gasteiger partial charge in [-0.1, -0.05) is 12.1 Å². The summed E-state index contributed by atoms with van der Waals surface area (Å²) in [4.78, 5) is 29.1. The first-order valence-electron chi connectivity index (χ1n) is 10.4. The van der Waals surface area contributed by atoms with Crippen LogP contribution < -0.4 is 10.6 Å². The zero-order valence-electron chi connectivity index (χ0n) is 17.2. The van der Waals surface area contributed by atoms with E-state index in [0.29, 0.717) is 24.2 Å². The lowest BCUT2D eigenvalue weighted by Crippen LogP contribution is -2.55. The van der Waals surface area contributed by atoms with Crippen LogP contribution in [0.3, 0.4) is 0 Å². The van der Waals surface area contributed by atoms with Gasteiger partial charge in [0.15, 0.2) is 5.82 Å². The van der Waals surface area contributed by atoms with Crippen LogP contribution in [0.4, 0.5) is 5.82 Å². The molecule has 0 spiro atoms. The van der Waals surface area contributed by atoms with Crippen LogP contribution in [0.5, 0.6) is 0 Å². The molecular formula is C20H33N5O3. The number of nitrogens with one attached hydrogen (secondary N) is 2. The van der Waals surface area contributed by atoms with E-state index in [9.17, 15) is 9.59 Å². The molecular weight excluding hydrogens is 358 g/mol. The van der Waals surface area contributed by atoms with Crippen LogP contribution in [0.2, 0.25) is 0 Å². The first kappa shape index (κ1) is 20.8. The fourth-order valence-corrected chi connectivity index (χ4v) is 4.01. The van der Waals surface area contributed by atoms with Gasteiger partial charge in [-0.05, 0) is 45.4 Å². The second kappa shape index (κ2) is 9.52. The van der Waals surface area contributed by atoms with Crippen molar-refractivity contribution in [2.45, 2.75) is 58.5 Å². The predicted molar refractivity (Wildman–Crippen MR) is 107 cm³/mol. The standard InChI is InChI=1S/C20H33N5O3/c1-14-4-6-17(7-5-14)21-20(27)16(3)25-10-8-24(9-11-25)13-19(26)22-18-12-15(2)28-23-18/h12,14,16-17H,4-11,13H2,1-3H3,(H,21,27)(H,22,23,26). The van der Waals surface area contributed by atoms with E-state index in [2.05, 4.69) is 32.5 Å². The molecule has 2 N–H and O–H groups in total. The summed E-state index contributed by atoms with van der Waals surface area (Å²) in [5, 5.41) is 9.76. The zero-order chi connectivity index (χ0) is 20.1. The van der Waals surface area contributed by atoms with Crippen molar-refractivity contribution in [1.82, 2.24) is 20.3 Å². The molecule has 0 bridgehead atoms. The fourth-order valence-electron chi connectivity index (χ4n) is 4.01. The molecule has 1 aliphatic heterocycles. The van der Waals surface area contributed by atoms with Gasteiger partial charge in [-0.15, -0.1) is 0 Å². The van der Waals surface area contributed by atoms with Crippen molar-refractivity contribution >= 4 is 17.6 Å². The highest BCUT2D eigenvalue weighted by atomic mass is 16.5. The number of aromatic nitrogens is 1. The maximum Gasteiger partial charge on any atom is 0.239 e. The molecule has 1 unspecified atom stereocenters. The van der Waals surface area contributed by atoms with Gasteiger partial charge < -0.3 is 15.2 Å². The Bertz CT molecular complexity index is 661. The molecule has 2 heterocycles. The van der Waals surface area contributed by atoms with Gasteiger partial charge in [0.25, 0.3) is 0 Å². The Morgan fingerprint density at radius 3 is 2.50 bits per heavy atom. The van der Waals surface area contributed by atoms with Gasteiger partial charge in [-0.2, -0.15) is 0 Å². The van der Waals surface area contributed by atoms with Crippen LogP contribution in [-0.2, 0) is 9.59 Å². The number of carbonyl (C=O) groups excluding carboxylic acids is 2. The van der Waals surface area contributed by atoms with Gasteiger partial charge in [0.1, 0.15) is 5.76 Å². The largest absolute Gasteiger partial charge is 0.360 e. The maximum atomic E-state index is 12.6. The molecule has 3 rings (SSSR count). The molecule has 1 aliphatic carbocycles. The number of nitrogens with zero attached hydrogens (tertiary/aromatic N) is 3. The Morgan fingerprint density at radius 2 is 1.89 bits per heavy atom. The molecule has 1 aromatic heterocycles. The van der Waals surface area contributed by atoms with E-state index in [4.69, 9.17) is 4.52 Å². The minimum atomic E-state index is -0.131. The third-order valence-corrected chi connectivity index (χ3v) is 5.96. The van der Waals surface area contributed by atoms with Crippen molar-refractivity contribution in [1.29, 1.82) is 0 Å². The SMILES string of the molecule is Cc1cc(NC(=O)CN2CCN(C(C)C(=O)NC3CCC(C)CC3)CC2)no1. The molecule has 1 saturated carbocycles. The molecule has 8 nitrogen and oxygen atoms in total. The minimum Gasteiger partial charge on any atom is -0.360 e. The van der Waals surface area contributed by atoms with E-state index in [1.165, 1.54) is 12.8 Å². The Morgan fingerprint density at radius 1 is 1.21 bits per heavy atom. The van der Waals surface area contributed by atoms with Gasteiger partial charge in [0.05, 0.1) is 12.6 Å². The third-order valence-electron chi connectivity index (χ3n) is 5.96. The molecule has 2 aliphatic rings. The fraction of sp³-hybridized carbons (Fsp3) is 0.750. The summed E-state index contributed by atoms with van der Waals surface area (Å²) in [5.41, 5.74) is 0. The van der Waals surface area contributed by atoms with Crippen LogP contribution in [0.25, 0.3) is 0 Å². The molecule has 28 heavy (non-hydrogen) atoms. The number of rotatable bonds is 6. The second-order valence-electron chi connectivity index (χ2n) is 8.32. The Hall–Kier alpha value is -1.93. The van der Waals surface area contributed by atoms with E-state index >= 15 is 0 Å². The van der Waals surface area contributed by atoms with Crippen LogP contribution >= 0.6 is 0 Å². The van der Waals surface area contributed by atoms with Crippen LogP contribution in [0.1, 0.15) is 45.3 Å². The smallest absolute Gasteiger partial charge is 0.239 e. The van der Waals surface area contributed by atoms with Crippen molar-refractivity contribution in [3.63, 3.8) is 0 Å². The first-order valence-corrected chi connectivity index (χ1v) is 10.4. The van der Waals surface area contributed by atoms with E-state index in [1.807, 2.05) is 6.92 Å². The van der Waals surface area contributed by atoms with Crippen molar-refractivity contribution < 1.29 is 14.1 Å². The number of piperazine rings is 1. The lowest BCUT2D eigenvalue weighted by molar-refractivity contribution is -0.128. The van der Waals surface area contributed by atoms with Crippen molar-refractivity contribution in [2.24, 2.45) is 5.92 Å². The molecule has 2 amide bonds. The molecule has 2 fully saturated rings. The summed E-state index contributed by atoms with van der Waals surface area (Å²) in [6, 6.07) is 1.90. The highest BCUT2D eigenvalue weighted by Gasteiger charge is 2.28. The summed E-state index contributed by atoms with van der Waals surface area (Å²) < 4.78 is 4.95. The molecule has 1 saturated heterocycles. The number of hydrogen-bond donors (Lipinski definition) is 2. The zero-order valence-corrected chi connectivity index (χ0v) is 17.2. The summed E-state index contributed by atoms with van der Waals surface area (Å²) in [6.45, 7) is 9.48. The molecule has 1 aromatic rings. The predicted octanol–water partition coefficient (Wildman–Crippen LogP) is 1.62. The van der Waals surface area contributed by atoms with E-state index in [-0.39, 0.29) is 17.9 Å². The number of carbonyl (C=O) groups is 2. The molecule has 1 atom stereocenters. The van der Waals surface area contributed by atoms with Crippen molar-refractivity contribution in [3.05, 3.63) is 11.8 Å². The number of anilines is 1. The summed E-state index contributed by atoms with van der Waals surface area (Å²) in [5.74, 6) is 1.93. The second-order valence-corrected chi connectivity index (χ2v) is 8.32. The Kier molecular flexibility index (Phi) is 7.07. The molecule has 8 heteroatoms. The highest BCUT2D eigenvalue weighted by molar-refractivity contribution is 5.91. The van der Waals surface area contributed by atoms with Crippen LogP contribution in [-0.4, -0.2) is 71.6 Å². The maximum absolute atomic E-state index is 12.6. The van der Waals surface area contributed by atoms with E-state index in [0.717, 1.165) is 44.9 Å². The summed E-state index contributed by atoms with van der Waals surface area (Å²) >= 11 is 0. The summed E-state index contributed by atoms with van der Waals surface area (Å²) in [7, 11) is 0. The lowest BCUT2D eigenvalue weighted by atomic mass is 9.87. The van der Waals surface area contributed by atoms with Gasteiger partial charge >= 0.3 is 0 Å². The topological polar surface area (TPSA) is 90.7 Å². The van der Waals surface area contributed by atoms with Crippen molar-refractivity contribution in [2.75, 3.05) is 38.0 Å². The third kappa shape index (κ3) is 5.78. The van der Waals surface area contributed by atoms with Crippen LogP contribution in [0.15, 0.2) is 10.6 Å². The Balaban J connectivity index is 1.38. The average molecular weight is 392 g/mol. The van der Waals surface area contributed by atoms with Gasteiger partial charge in [-0.3, -0.25) is 19.4 Å². The lowest BCUT2D eigenvalue weighted by Gasteiger charge is -2.37. The number of amides is 2. The van der Waals surface area contributed by atoms with Crippen LogP contribution in [0, 0.1) is 12.8 Å². The first-order chi connectivity index (χ1) is 13.4. The molecule has 0 radical (unpaired) electrons. The quantitative estimate of drug-likeness (QED) is 0.766. The van der Waals surface area contributed by atoms with Gasteiger partial charge in [0, 0.05) is 38.3 Å². The van der Waals surface area contributed by atoms with Gasteiger partial charge in [0.2, 0.25) is 11.8 Å². The average Bonchev–Trinajstić information content (AvgIpc) is 3.08. The number of aryl methyl sites for hydroxylation is 1. The van der Waals surface area contributed by atoms with Gasteiger partial charge in [-0.25, -0.2) is 0 Å². The minimum absolute atomic E-state index is 0.0981. The molecule has 156 valence electrons. The molecule has 0 aromatic carbocycles. The highest BCUT2D eigenvalue weighted by Crippen LogP contribution is 2.23. The van der Waals surface area contributed by atoms with Crippen molar-refractivity contribution in [3.8, 4) is 0 Å². The monoisotopic (exact) mass is 391 g/mol. The van der Waals surface area contributed by atoms with E-state index in [1.54, 1.807) is 13.0 Å². The summed E-state index contributed by atoms with van der Waals surface area (Å²) in [6.07, 6.45) is 4.59. The number of hydrogen-bond acceptors (Lipinski definition) is 6. The van der Waals surface area contributed by atoms with E-state index < -0.39 is 0 Å².